The van der Waals surface area contributed by atoms with E-state index in [1.54, 1.807) is 0 Å². The lowest BCUT2D eigenvalue weighted by Crippen LogP contribution is -2.55. The fraction of sp³-hybridized carbons (Fsp3) is 0.632. The molecule has 4 nitrogen and oxygen atoms in total. The van der Waals surface area contributed by atoms with Gasteiger partial charge in [-0.25, -0.2) is 4.79 Å². The summed E-state index contributed by atoms with van der Waals surface area (Å²) < 4.78 is 5.40. The van der Waals surface area contributed by atoms with Crippen LogP contribution in [0.2, 0.25) is 0 Å². The second kappa shape index (κ2) is 8.34. The highest BCUT2D eigenvalue weighted by molar-refractivity contribution is 5.68. The van der Waals surface area contributed by atoms with Crippen LogP contribution in [0.4, 0.5) is 4.79 Å². The second-order valence-electron chi connectivity index (χ2n) is 7.20. The van der Waals surface area contributed by atoms with Crippen LogP contribution in [-0.4, -0.2) is 23.8 Å². The van der Waals surface area contributed by atoms with E-state index in [-0.39, 0.29) is 11.6 Å². The van der Waals surface area contributed by atoms with Crippen LogP contribution in [0.5, 0.6) is 0 Å². The monoisotopic (exact) mass is 320 g/mol. The maximum atomic E-state index is 12.1. The maximum absolute atomic E-state index is 12.1. The van der Waals surface area contributed by atoms with Gasteiger partial charge in [-0.3, -0.25) is 0 Å². The number of carbonyl (C=O) groups is 1. The van der Waals surface area contributed by atoms with Crippen LogP contribution in [0.15, 0.2) is 24.3 Å². The van der Waals surface area contributed by atoms with Gasteiger partial charge in [0.25, 0.3) is 0 Å². The van der Waals surface area contributed by atoms with Crippen molar-refractivity contribution in [2.24, 2.45) is 0 Å². The first-order valence-corrected chi connectivity index (χ1v) is 8.47. The molecule has 0 saturated carbocycles. The van der Waals surface area contributed by atoms with Gasteiger partial charge in [0.2, 0.25) is 0 Å². The standard InChI is InChI=1S/C19H32N2O2/c1-7-19(8-2,21-17(22)23-18(4,5)6)14-20-13-16-11-9-15(3)10-12-16/h9-12,20H,7-8,13-14H2,1-6H3,(H,21,22). The molecule has 0 fully saturated rings. The minimum atomic E-state index is -0.480. The highest BCUT2D eigenvalue weighted by Crippen LogP contribution is 2.16. The smallest absolute Gasteiger partial charge is 0.408 e. The van der Waals surface area contributed by atoms with Gasteiger partial charge in [-0.15, -0.1) is 0 Å². The summed E-state index contributed by atoms with van der Waals surface area (Å²) in [6, 6.07) is 8.48. The average molecular weight is 320 g/mol. The molecule has 0 aliphatic rings. The number of ether oxygens (including phenoxy) is 1. The molecule has 0 aliphatic carbocycles. The summed E-state index contributed by atoms with van der Waals surface area (Å²) in [7, 11) is 0. The van der Waals surface area contributed by atoms with Gasteiger partial charge in [0.15, 0.2) is 0 Å². The number of carbonyl (C=O) groups excluding carboxylic acids is 1. The van der Waals surface area contributed by atoms with E-state index in [2.05, 4.69) is 55.7 Å². The third-order valence-corrected chi connectivity index (χ3v) is 4.03. The van der Waals surface area contributed by atoms with Crippen LogP contribution in [0, 0.1) is 6.92 Å². The van der Waals surface area contributed by atoms with Crippen LogP contribution in [0.1, 0.15) is 58.6 Å². The van der Waals surface area contributed by atoms with Crippen molar-refractivity contribution in [2.45, 2.75) is 72.1 Å². The molecule has 2 N–H and O–H groups in total. The van der Waals surface area contributed by atoms with E-state index < -0.39 is 5.60 Å². The number of aryl methyl sites for hydroxylation is 1. The number of hydrogen-bond donors (Lipinski definition) is 2. The molecule has 0 aliphatic heterocycles. The van der Waals surface area contributed by atoms with E-state index >= 15 is 0 Å². The number of alkyl carbamates (subject to hydrolysis) is 1. The zero-order valence-corrected chi connectivity index (χ0v) is 15.5. The van der Waals surface area contributed by atoms with Gasteiger partial charge in [0.1, 0.15) is 5.60 Å². The van der Waals surface area contributed by atoms with E-state index in [0.717, 1.165) is 19.4 Å². The Morgan fingerprint density at radius 3 is 2.13 bits per heavy atom. The van der Waals surface area contributed by atoms with Crippen molar-refractivity contribution >= 4 is 6.09 Å². The first-order valence-electron chi connectivity index (χ1n) is 8.47. The summed E-state index contributed by atoms with van der Waals surface area (Å²) in [5.41, 5.74) is 1.74. The van der Waals surface area contributed by atoms with Crippen molar-refractivity contribution in [1.29, 1.82) is 0 Å². The lowest BCUT2D eigenvalue weighted by atomic mass is 9.92. The Bertz CT molecular complexity index is 485. The zero-order chi connectivity index (χ0) is 17.5. The third-order valence-electron chi connectivity index (χ3n) is 4.03. The minimum absolute atomic E-state index is 0.285. The van der Waals surface area contributed by atoms with Crippen molar-refractivity contribution in [3.63, 3.8) is 0 Å². The molecule has 1 amide bonds. The molecule has 0 spiro atoms. The predicted molar refractivity (Wildman–Crippen MR) is 95.6 cm³/mol. The molecule has 0 unspecified atom stereocenters. The third kappa shape index (κ3) is 7.04. The first-order chi connectivity index (χ1) is 10.7. The summed E-state index contributed by atoms with van der Waals surface area (Å²) in [5.74, 6) is 0. The summed E-state index contributed by atoms with van der Waals surface area (Å²) in [6.45, 7) is 13.4. The fourth-order valence-electron chi connectivity index (χ4n) is 2.39. The van der Waals surface area contributed by atoms with Crippen LogP contribution in [0.25, 0.3) is 0 Å². The molecule has 0 saturated heterocycles. The van der Waals surface area contributed by atoms with E-state index in [1.165, 1.54) is 11.1 Å². The van der Waals surface area contributed by atoms with Gasteiger partial charge in [-0.05, 0) is 46.1 Å². The van der Waals surface area contributed by atoms with Crippen LogP contribution in [-0.2, 0) is 11.3 Å². The molecule has 1 rings (SSSR count). The maximum Gasteiger partial charge on any atom is 0.408 e. The minimum Gasteiger partial charge on any atom is -0.444 e. The van der Waals surface area contributed by atoms with Gasteiger partial charge in [0, 0.05) is 13.1 Å². The van der Waals surface area contributed by atoms with Gasteiger partial charge >= 0.3 is 6.09 Å². The molecule has 0 atom stereocenters. The normalized spacial score (nSPS) is 12.1. The molecule has 4 heteroatoms. The van der Waals surface area contributed by atoms with Crippen molar-refractivity contribution in [3.05, 3.63) is 35.4 Å². The Kier molecular flexibility index (Phi) is 7.07. The number of benzene rings is 1. The Morgan fingerprint density at radius 1 is 1.09 bits per heavy atom. The van der Waals surface area contributed by atoms with E-state index in [9.17, 15) is 4.79 Å². The van der Waals surface area contributed by atoms with Crippen LogP contribution in [0.3, 0.4) is 0 Å². The molecule has 0 heterocycles. The van der Waals surface area contributed by atoms with Crippen LogP contribution >= 0.6 is 0 Å². The highest BCUT2D eigenvalue weighted by Gasteiger charge is 2.30. The van der Waals surface area contributed by atoms with Crippen LogP contribution < -0.4 is 10.6 Å². The Balaban J connectivity index is 2.58. The van der Waals surface area contributed by atoms with E-state index in [0.29, 0.717) is 6.54 Å². The summed E-state index contributed by atoms with van der Waals surface area (Å²) in [4.78, 5) is 12.1. The van der Waals surface area contributed by atoms with Gasteiger partial charge in [-0.1, -0.05) is 43.7 Å². The van der Waals surface area contributed by atoms with Gasteiger partial charge < -0.3 is 15.4 Å². The fourth-order valence-corrected chi connectivity index (χ4v) is 2.39. The number of rotatable bonds is 7. The highest BCUT2D eigenvalue weighted by atomic mass is 16.6. The van der Waals surface area contributed by atoms with E-state index in [1.807, 2.05) is 20.8 Å². The quantitative estimate of drug-likeness (QED) is 0.793. The van der Waals surface area contributed by atoms with E-state index in [4.69, 9.17) is 4.74 Å². The summed E-state index contributed by atoms with van der Waals surface area (Å²) in [6.07, 6.45) is 1.35. The molecule has 0 aromatic heterocycles. The molecule has 23 heavy (non-hydrogen) atoms. The lowest BCUT2D eigenvalue weighted by Gasteiger charge is -2.34. The lowest BCUT2D eigenvalue weighted by molar-refractivity contribution is 0.0446. The number of hydrogen-bond acceptors (Lipinski definition) is 3. The largest absolute Gasteiger partial charge is 0.444 e. The van der Waals surface area contributed by atoms with Crippen molar-refractivity contribution in [2.75, 3.05) is 6.54 Å². The molecule has 1 aromatic carbocycles. The average Bonchev–Trinajstić information content (AvgIpc) is 2.46. The first kappa shape index (κ1) is 19.5. The number of amides is 1. The van der Waals surface area contributed by atoms with Gasteiger partial charge in [-0.2, -0.15) is 0 Å². The predicted octanol–water partition coefficient (Wildman–Crippen LogP) is 4.17. The molecule has 130 valence electrons. The summed E-state index contributed by atoms with van der Waals surface area (Å²) >= 11 is 0. The van der Waals surface area contributed by atoms with Crippen molar-refractivity contribution in [1.82, 2.24) is 10.6 Å². The zero-order valence-electron chi connectivity index (χ0n) is 15.5. The van der Waals surface area contributed by atoms with Gasteiger partial charge in [0.05, 0.1) is 5.54 Å². The molecular formula is C19H32N2O2. The Labute approximate surface area is 141 Å². The Morgan fingerprint density at radius 2 is 1.65 bits per heavy atom. The topological polar surface area (TPSA) is 50.4 Å². The van der Waals surface area contributed by atoms with Crippen molar-refractivity contribution in [3.8, 4) is 0 Å². The molecular weight excluding hydrogens is 288 g/mol. The molecule has 1 aromatic rings. The Hall–Kier alpha value is -1.55. The second-order valence-corrected chi connectivity index (χ2v) is 7.20. The number of nitrogens with one attached hydrogen (secondary N) is 2. The van der Waals surface area contributed by atoms with Crippen molar-refractivity contribution < 1.29 is 9.53 Å². The molecule has 0 radical (unpaired) electrons. The molecule has 0 bridgehead atoms. The summed E-state index contributed by atoms with van der Waals surface area (Å²) in [5, 5.41) is 6.52. The SMILES string of the molecule is CCC(CC)(CNCc1ccc(C)cc1)NC(=O)OC(C)(C)C.